The Morgan fingerprint density at radius 3 is 2.31 bits per heavy atom. The standard InChI is InChI=1S/C11H15NO4/c1-4-16-11(15)10-7(3)12-6(2)9(10)8(14)5-13/h12-13H,4-5H2,1-3H3. The average molecular weight is 225 g/mol. The molecule has 2 N–H and O–H groups in total. The second-order valence-corrected chi connectivity index (χ2v) is 3.43. The number of ketones is 1. The maximum absolute atomic E-state index is 11.6. The number of hydrogen-bond acceptors (Lipinski definition) is 4. The third-order valence-electron chi connectivity index (χ3n) is 2.28. The quantitative estimate of drug-likeness (QED) is 0.591. The van der Waals surface area contributed by atoms with Crippen molar-refractivity contribution in [2.24, 2.45) is 0 Å². The van der Waals surface area contributed by atoms with Gasteiger partial charge in [0.1, 0.15) is 6.61 Å². The van der Waals surface area contributed by atoms with Gasteiger partial charge in [0.2, 0.25) is 0 Å². The highest BCUT2D eigenvalue weighted by Crippen LogP contribution is 2.19. The minimum atomic E-state index is -0.620. The molecule has 0 spiro atoms. The lowest BCUT2D eigenvalue weighted by Gasteiger charge is -2.03. The first-order valence-electron chi connectivity index (χ1n) is 5.03. The minimum Gasteiger partial charge on any atom is -0.462 e. The molecule has 88 valence electrons. The van der Waals surface area contributed by atoms with Crippen molar-refractivity contribution in [2.75, 3.05) is 13.2 Å². The van der Waals surface area contributed by atoms with Gasteiger partial charge in [0.05, 0.1) is 17.7 Å². The molecule has 0 saturated carbocycles. The third kappa shape index (κ3) is 2.14. The zero-order valence-electron chi connectivity index (χ0n) is 9.59. The molecule has 0 fully saturated rings. The summed E-state index contributed by atoms with van der Waals surface area (Å²) in [4.78, 5) is 26.0. The predicted octanol–water partition coefficient (Wildman–Crippen LogP) is 0.983. The zero-order chi connectivity index (χ0) is 12.3. The molecule has 1 rings (SSSR count). The summed E-state index contributed by atoms with van der Waals surface area (Å²) in [7, 11) is 0. The van der Waals surface area contributed by atoms with Gasteiger partial charge in [-0.05, 0) is 20.8 Å². The van der Waals surface area contributed by atoms with Gasteiger partial charge >= 0.3 is 5.97 Å². The molecule has 1 aromatic heterocycles. The second-order valence-electron chi connectivity index (χ2n) is 3.43. The van der Waals surface area contributed by atoms with Crippen LogP contribution in [0.2, 0.25) is 0 Å². The topological polar surface area (TPSA) is 79.4 Å². The largest absolute Gasteiger partial charge is 0.462 e. The number of carbonyl (C=O) groups excluding carboxylic acids is 2. The molecule has 16 heavy (non-hydrogen) atoms. The third-order valence-corrected chi connectivity index (χ3v) is 2.28. The highest BCUT2D eigenvalue weighted by molar-refractivity contribution is 6.08. The first-order chi connectivity index (χ1) is 7.52. The van der Waals surface area contributed by atoms with Crippen LogP contribution in [-0.2, 0) is 4.74 Å². The van der Waals surface area contributed by atoms with Crippen LogP contribution in [0.15, 0.2) is 0 Å². The number of rotatable bonds is 4. The van der Waals surface area contributed by atoms with E-state index in [1.807, 2.05) is 0 Å². The van der Waals surface area contributed by atoms with E-state index in [4.69, 9.17) is 9.84 Å². The Morgan fingerprint density at radius 1 is 1.25 bits per heavy atom. The van der Waals surface area contributed by atoms with Crippen molar-refractivity contribution in [2.45, 2.75) is 20.8 Å². The van der Waals surface area contributed by atoms with Crippen LogP contribution in [0.1, 0.15) is 39.0 Å². The lowest BCUT2D eigenvalue weighted by Crippen LogP contribution is -2.13. The van der Waals surface area contributed by atoms with Gasteiger partial charge in [-0.2, -0.15) is 0 Å². The molecule has 0 bridgehead atoms. The van der Waals surface area contributed by atoms with Gasteiger partial charge in [0, 0.05) is 11.4 Å². The summed E-state index contributed by atoms with van der Waals surface area (Å²) in [6, 6.07) is 0. The van der Waals surface area contributed by atoms with Gasteiger partial charge in [-0.3, -0.25) is 4.79 Å². The van der Waals surface area contributed by atoms with Crippen LogP contribution in [-0.4, -0.2) is 35.1 Å². The van der Waals surface area contributed by atoms with Gasteiger partial charge in [-0.15, -0.1) is 0 Å². The fraction of sp³-hybridized carbons (Fsp3) is 0.455. The number of aromatic amines is 1. The molecule has 1 heterocycles. The molecule has 0 amide bonds. The van der Waals surface area contributed by atoms with Crippen molar-refractivity contribution in [3.8, 4) is 0 Å². The number of carbonyl (C=O) groups is 2. The van der Waals surface area contributed by atoms with Gasteiger partial charge in [0.15, 0.2) is 5.78 Å². The fourth-order valence-electron chi connectivity index (χ4n) is 1.67. The summed E-state index contributed by atoms with van der Waals surface area (Å²) >= 11 is 0. The summed E-state index contributed by atoms with van der Waals surface area (Å²) in [6.07, 6.45) is 0. The molecule has 0 aliphatic carbocycles. The summed E-state index contributed by atoms with van der Waals surface area (Å²) in [5.74, 6) is -1.02. The van der Waals surface area contributed by atoms with Crippen LogP contribution in [0, 0.1) is 13.8 Å². The normalized spacial score (nSPS) is 10.2. The van der Waals surface area contributed by atoms with E-state index in [1.165, 1.54) is 0 Å². The number of esters is 1. The maximum Gasteiger partial charge on any atom is 0.340 e. The number of Topliss-reactive ketones (excluding diaryl/α,β-unsaturated/α-hetero) is 1. The molecule has 1 aromatic rings. The van der Waals surface area contributed by atoms with Gasteiger partial charge in [-0.25, -0.2) is 4.79 Å². The number of hydrogen-bond donors (Lipinski definition) is 2. The SMILES string of the molecule is CCOC(=O)c1c(C)[nH]c(C)c1C(=O)CO. The van der Waals surface area contributed by atoms with E-state index >= 15 is 0 Å². The van der Waals surface area contributed by atoms with E-state index < -0.39 is 18.4 Å². The van der Waals surface area contributed by atoms with Crippen molar-refractivity contribution in [1.29, 1.82) is 0 Å². The zero-order valence-corrected chi connectivity index (χ0v) is 9.59. The van der Waals surface area contributed by atoms with E-state index in [0.29, 0.717) is 11.4 Å². The van der Waals surface area contributed by atoms with Crippen molar-refractivity contribution in [3.05, 3.63) is 22.5 Å². The Labute approximate surface area is 93.4 Å². The molecule has 0 aromatic carbocycles. The van der Waals surface area contributed by atoms with E-state index in [2.05, 4.69) is 4.98 Å². The first-order valence-corrected chi connectivity index (χ1v) is 5.03. The minimum absolute atomic E-state index is 0.221. The van der Waals surface area contributed by atoms with Crippen LogP contribution >= 0.6 is 0 Å². The number of aryl methyl sites for hydroxylation is 2. The Hall–Kier alpha value is -1.62. The molecule has 0 saturated heterocycles. The van der Waals surface area contributed by atoms with Gasteiger partial charge < -0.3 is 14.8 Å². The summed E-state index contributed by atoms with van der Waals surface area (Å²) in [6.45, 7) is 4.69. The number of aliphatic hydroxyl groups is 1. The van der Waals surface area contributed by atoms with Gasteiger partial charge in [0.25, 0.3) is 0 Å². The molecule has 0 aliphatic rings. The highest BCUT2D eigenvalue weighted by atomic mass is 16.5. The van der Waals surface area contributed by atoms with Crippen LogP contribution in [0.5, 0.6) is 0 Å². The molecule has 5 heteroatoms. The van der Waals surface area contributed by atoms with E-state index in [-0.39, 0.29) is 17.7 Å². The Kier molecular flexibility index (Phi) is 3.84. The number of nitrogens with one attached hydrogen (secondary N) is 1. The number of aliphatic hydroxyl groups excluding tert-OH is 1. The summed E-state index contributed by atoms with van der Waals surface area (Å²) < 4.78 is 4.86. The molecule has 0 unspecified atom stereocenters. The van der Waals surface area contributed by atoms with Crippen LogP contribution < -0.4 is 0 Å². The molecular formula is C11H15NO4. The van der Waals surface area contributed by atoms with E-state index in [1.54, 1.807) is 20.8 Å². The van der Waals surface area contributed by atoms with Gasteiger partial charge in [-0.1, -0.05) is 0 Å². The van der Waals surface area contributed by atoms with Crippen LogP contribution in [0.3, 0.4) is 0 Å². The first kappa shape index (κ1) is 12.4. The lowest BCUT2D eigenvalue weighted by molar-refractivity contribution is 0.0522. The smallest absolute Gasteiger partial charge is 0.340 e. The molecule has 0 atom stereocenters. The van der Waals surface area contributed by atoms with Crippen molar-refractivity contribution in [1.82, 2.24) is 4.98 Å². The molecular weight excluding hydrogens is 210 g/mol. The van der Waals surface area contributed by atoms with Crippen LogP contribution in [0.4, 0.5) is 0 Å². The predicted molar refractivity (Wildman–Crippen MR) is 57.6 cm³/mol. The Bertz CT molecular complexity index is 420. The van der Waals surface area contributed by atoms with E-state index in [9.17, 15) is 9.59 Å². The monoisotopic (exact) mass is 225 g/mol. The fourth-order valence-corrected chi connectivity index (χ4v) is 1.67. The van der Waals surface area contributed by atoms with Crippen molar-refractivity contribution >= 4 is 11.8 Å². The lowest BCUT2D eigenvalue weighted by atomic mass is 10.1. The summed E-state index contributed by atoms with van der Waals surface area (Å²) in [5.41, 5.74) is 1.59. The van der Waals surface area contributed by atoms with Crippen molar-refractivity contribution < 1.29 is 19.4 Å². The Balaban J connectivity index is 3.25. The summed E-state index contributed by atoms with van der Waals surface area (Å²) in [5, 5.41) is 8.84. The second kappa shape index (κ2) is 4.94. The van der Waals surface area contributed by atoms with Crippen molar-refractivity contribution in [3.63, 3.8) is 0 Å². The van der Waals surface area contributed by atoms with Crippen LogP contribution in [0.25, 0.3) is 0 Å². The number of aromatic nitrogens is 1. The van der Waals surface area contributed by atoms with E-state index in [0.717, 1.165) is 0 Å². The Morgan fingerprint density at radius 2 is 1.81 bits per heavy atom. The highest BCUT2D eigenvalue weighted by Gasteiger charge is 2.24. The maximum atomic E-state index is 11.6. The molecule has 5 nitrogen and oxygen atoms in total. The molecule has 0 aliphatic heterocycles. The number of H-pyrrole nitrogens is 1. The average Bonchev–Trinajstić information content (AvgIpc) is 2.53. The molecule has 0 radical (unpaired) electrons. The number of ether oxygens (including phenoxy) is 1.